The molecule has 0 aliphatic carbocycles. The summed E-state index contributed by atoms with van der Waals surface area (Å²) in [5, 5.41) is 18.0. The highest BCUT2D eigenvalue weighted by Crippen LogP contribution is 2.49. The van der Waals surface area contributed by atoms with E-state index in [-0.39, 0.29) is 48.8 Å². The Hall–Kier alpha value is -4.92. The Morgan fingerprint density at radius 3 is 2.02 bits per heavy atom. The van der Waals surface area contributed by atoms with Crippen molar-refractivity contribution in [2.75, 3.05) is 36.4 Å². The molecule has 5 heterocycles. The zero-order chi connectivity index (χ0) is 36.8. The lowest BCUT2D eigenvalue weighted by Gasteiger charge is -2.35. The molecule has 0 unspecified atom stereocenters. The molecule has 2 amide bonds. The number of aliphatic hydroxyl groups is 1. The third-order valence-corrected chi connectivity index (χ3v) is 10.2. The SMILES string of the molecule is O=C1Nc2c(c(C3CCN(c4cc(C(=O)N5CCCCC5)c(C(F)(F)F)cn4)CC3)nn2C(c2ccccc2)c2ccccc2)[C@H](C(F)(F)F)[C@@H]1O. The minimum Gasteiger partial charge on any atom is -0.382 e. The summed E-state index contributed by atoms with van der Waals surface area (Å²) in [6.45, 7) is 1.10. The van der Waals surface area contributed by atoms with Crippen LogP contribution in [0.4, 0.5) is 38.0 Å². The molecular weight excluding hydrogens is 690 g/mol. The monoisotopic (exact) mass is 726 g/mol. The number of carbonyl (C=O) groups is 2. The first-order valence-electron chi connectivity index (χ1n) is 17.2. The molecule has 0 bridgehead atoms. The summed E-state index contributed by atoms with van der Waals surface area (Å²) in [6, 6.07) is 18.4. The summed E-state index contributed by atoms with van der Waals surface area (Å²) in [5.74, 6) is -5.02. The first-order chi connectivity index (χ1) is 24.8. The highest BCUT2D eigenvalue weighted by Gasteiger charge is 2.55. The van der Waals surface area contributed by atoms with Crippen LogP contribution in [0.15, 0.2) is 72.9 Å². The maximum Gasteiger partial charge on any atom is 0.418 e. The van der Waals surface area contributed by atoms with Gasteiger partial charge in [-0.1, -0.05) is 60.7 Å². The number of hydrogen-bond acceptors (Lipinski definition) is 6. The van der Waals surface area contributed by atoms with Gasteiger partial charge < -0.3 is 20.2 Å². The molecule has 4 aromatic rings. The number of piperidine rings is 2. The first-order valence-corrected chi connectivity index (χ1v) is 17.2. The Labute approximate surface area is 295 Å². The molecule has 2 N–H and O–H groups in total. The van der Waals surface area contributed by atoms with Gasteiger partial charge in [0.1, 0.15) is 29.7 Å². The number of nitrogens with zero attached hydrogens (tertiary/aromatic N) is 5. The number of rotatable bonds is 6. The fraction of sp³-hybridized carbons (Fsp3) is 0.405. The lowest BCUT2D eigenvalue weighted by Crippen LogP contribution is -2.45. The predicted molar refractivity (Wildman–Crippen MR) is 179 cm³/mol. The number of anilines is 2. The summed E-state index contributed by atoms with van der Waals surface area (Å²) in [5.41, 5.74) is -0.435. The summed E-state index contributed by atoms with van der Waals surface area (Å²) in [6.07, 6.45) is -8.77. The molecule has 15 heteroatoms. The Morgan fingerprint density at radius 2 is 1.46 bits per heavy atom. The topological polar surface area (TPSA) is 104 Å². The molecule has 52 heavy (non-hydrogen) atoms. The molecule has 3 aliphatic heterocycles. The third kappa shape index (κ3) is 6.73. The van der Waals surface area contributed by atoms with E-state index in [0.29, 0.717) is 43.3 Å². The predicted octanol–water partition coefficient (Wildman–Crippen LogP) is 6.90. The van der Waals surface area contributed by atoms with Gasteiger partial charge in [-0.2, -0.15) is 31.4 Å². The van der Waals surface area contributed by atoms with Crippen molar-refractivity contribution in [3.05, 3.63) is 106 Å². The van der Waals surface area contributed by atoms with Crippen LogP contribution in [-0.4, -0.2) is 75.0 Å². The summed E-state index contributed by atoms with van der Waals surface area (Å²) >= 11 is 0. The van der Waals surface area contributed by atoms with Gasteiger partial charge in [0.2, 0.25) is 0 Å². The van der Waals surface area contributed by atoms with Crippen molar-refractivity contribution in [1.29, 1.82) is 0 Å². The van der Waals surface area contributed by atoms with Crippen LogP contribution in [0.2, 0.25) is 0 Å². The number of carbonyl (C=O) groups excluding carboxylic acids is 2. The van der Waals surface area contributed by atoms with Crippen molar-refractivity contribution in [3.63, 3.8) is 0 Å². The Morgan fingerprint density at radius 1 is 0.865 bits per heavy atom. The molecule has 2 atom stereocenters. The second-order valence-corrected chi connectivity index (χ2v) is 13.5. The van der Waals surface area contributed by atoms with Crippen LogP contribution in [-0.2, 0) is 11.0 Å². The van der Waals surface area contributed by atoms with E-state index in [9.17, 15) is 41.0 Å². The number of aromatic nitrogens is 3. The van der Waals surface area contributed by atoms with E-state index in [1.54, 1.807) is 41.3 Å². The molecule has 7 rings (SSSR count). The number of nitrogens with one attached hydrogen (secondary N) is 1. The van der Waals surface area contributed by atoms with Gasteiger partial charge in [-0.05, 0) is 49.3 Å². The molecule has 3 aliphatic rings. The van der Waals surface area contributed by atoms with E-state index in [4.69, 9.17) is 5.10 Å². The van der Waals surface area contributed by atoms with E-state index in [1.165, 1.54) is 9.58 Å². The van der Waals surface area contributed by atoms with Crippen LogP contribution in [0.25, 0.3) is 0 Å². The van der Waals surface area contributed by atoms with Crippen LogP contribution >= 0.6 is 0 Å². The van der Waals surface area contributed by atoms with Crippen molar-refractivity contribution >= 4 is 23.5 Å². The Kier molecular flexibility index (Phi) is 9.48. The summed E-state index contributed by atoms with van der Waals surface area (Å²) in [7, 11) is 0. The smallest absolute Gasteiger partial charge is 0.382 e. The molecule has 2 saturated heterocycles. The molecule has 2 aromatic carbocycles. The average molecular weight is 727 g/mol. The number of amides is 2. The zero-order valence-electron chi connectivity index (χ0n) is 27.9. The number of benzene rings is 2. The van der Waals surface area contributed by atoms with Gasteiger partial charge >= 0.3 is 12.4 Å². The van der Waals surface area contributed by atoms with E-state index in [0.717, 1.165) is 12.5 Å². The molecule has 274 valence electrons. The maximum absolute atomic E-state index is 14.8. The summed E-state index contributed by atoms with van der Waals surface area (Å²) in [4.78, 5) is 33.4. The van der Waals surface area contributed by atoms with E-state index in [1.807, 2.05) is 24.3 Å². The molecule has 2 aromatic heterocycles. The van der Waals surface area contributed by atoms with Gasteiger partial charge in [0, 0.05) is 43.9 Å². The second kappa shape index (κ2) is 13.9. The van der Waals surface area contributed by atoms with Gasteiger partial charge in [-0.3, -0.25) is 9.59 Å². The summed E-state index contributed by atoms with van der Waals surface area (Å²) < 4.78 is 87.8. The van der Waals surface area contributed by atoms with Crippen LogP contribution in [0.3, 0.4) is 0 Å². The van der Waals surface area contributed by atoms with Gasteiger partial charge in [0.25, 0.3) is 11.8 Å². The van der Waals surface area contributed by atoms with E-state index in [2.05, 4.69) is 10.3 Å². The number of likely N-dealkylation sites (tertiary alicyclic amines) is 1. The molecule has 2 fully saturated rings. The van der Waals surface area contributed by atoms with Crippen molar-refractivity contribution < 1.29 is 41.0 Å². The van der Waals surface area contributed by atoms with Gasteiger partial charge in [-0.25, -0.2) is 9.67 Å². The standard InChI is InChI=1S/C37H36F6N6O3/c38-36(39,40)26-21-44-27(20-25(26)35(52)48-16-8-3-9-17-48)47-18-14-22(15-19-47)30-28-29(37(41,42)43)32(50)34(51)45-33(28)49(46-30)31(23-10-4-1-5-11-23)24-12-6-2-7-13-24/h1-2,4-7,10-13,20-22,29,31-32,50H,3,8-9,14-19H2,(H,45,51)/t29-,32-/m0/s1. The van der Waals surface area contributed by atoms with E-state index >= 15 is 0 Å². The number of alkyl halides is 6. The first kappa shape index (κ1) is 35.5. The number of hydrogen-bond donors (Lipinski definition) is 2. The van der Waals surface area contributed by atoms with Crippen LogP contribution in [0, 0.1) is 0 Å². The fourth-order valence-electron chi connectivity index (χ4n) is 7.64. The molecule has 0 radical (unpaired) electrons. The number of aliphatic hydroxyl groups excluding tert-OH is 1. The quantitative estimate of drug-likeness (QED) is 0.210. The van der Waals surface area contributed by atoms with Crippen LogP contribution in [0.5, 0.6) is 0 Å². The minimum atomic E-state index is -4.99. The Balaban J connectivity index is 1.25. The van der Waals surface area contributed by atoms with Crippen molar-refractivity contribution in [1.82, 2.24) is 19.7 Å². The van der Waals surface area contributed by atoms with Crippen LogP contribution < -0.4 is 10.2 Å². The van der Waals surface area contributed by atoms with Crippen LogP contribution in [0.1, 0.15) is 88.3 Å². The van der Waals surface area contributed by atoms with E-state index < -0.39 is 59.3 Å². The lowest BCUT2D eigenvalue weighted by atomic mass is 9.82. The zero-order valence-corrected chi connectivity index (χ0v) is 27.9. The minimum absolute atomic E-state index is 0.0780. The Bertz CT molecular complexity index is 1880. The third-order valence-electron chi connectivity index (χ3n) is 10.2. The maximum atomic E-state index is 14.8. The average Bonchev–Trinajstić information content (AvgIpc) is 3.49. The highest BCUT2D eigenvalue weighted by molar-refractivity contribution is 5.98. The molecule has 0 saturated carbocycles. The largest absolute Gasteiger partial charge is 0.418 e. The number of pyridine rings is 1. The second-order valence-electron chi connectivity index (χ2n) is 13.5. The fourth-order valence-corrected chi connectivity index (χ4v) is 7.64. The van der Waals surface area contributed by atoms with Crippen molar-refractivity contribution in [3.8, 4) is 0 Å². The van der Waals surface area contributed by atoms with Gasteiger partial charge in [0.05, 0.1) is 16.8 Å². The van der Waals surface area contributed by atoms with Crippen molar-refractivity contribution in [2.24, 2.45) is 0 Å². The van der Waals surface area contributed by atoms with Gasteiger partial charge in [-0.15, -0.1) is 0 Å². The normalized spacial score (nSPS) is 20.2. The van der Waals surface area contributed by atoms with Gasteiger partial charge in [0.15, 0.2) is 0 Å². The number of halogens is 6. The number of fused-ring (bicyclic) bond motifs is 1. The van der Waals surface area contributed by atoms with Crippen molar-refractivity contribution in [2.45, 2.75) is 68.4 Å². The molecule has 0 spiro atoms. The molecular formula is C37H36F6N6O3. The highest BCUT2D eigenvalue weighted by atomic mass is 19.4. The lowest BCUT2D eigenvalue weighted by molar-refractivity contribution is -0.177. The molecule has 9 nitrogen and oxygen atoms in total.